The van der Waals surface area contributed by atoms with Crippen LogP contribution in [0.5, 0.6) is 0 Å². The Morgan fingerprint density at radius 1 is 1.00 bits per heavy atom. The second kappa shape index (κ2) is 5.34. The molecule has 0 amide bonds. The Labute approximate surface area is 128 Å². The third-order valence-corrected chi connectivity index (χ3v) is 5.13. The van der Waals surface area contributed by atoms with E-state index in [0.717, 1.165) is 33.1 Å². The lowest BCUT2D eigenvalue weighted by Crippen LogP contribution is -2.03. The van der Waals surface area contributed by atoms with Crippen molar-refractivity contribution in [2.45, 2.75) is 39.2 Å². The lowest BCUT2D eigenvalue weighted by atomic mass is 9.94. The third-order valence-electron chi connectivity index (χ3n) is 4.28. The molecule has 2 aromatic rings. The third kappa shape index (κ3) is 2.43. The molecule has 0 saturated carbocycles. The predicted molar refractivity (Wildman–Crippen MR) is 86.1 cm³/mol. The zero-order valence-electron chi connectivity index (χ0n) is 11.9. The van der Waals surface area contributed by atoms with Gasteiger partial charge < -0.3 is 5.11 Å². The van der Waals surface area contributed by atoms with Gasteiger partial charge in [0.1, 0.15) is 6.10 Å². The molecule has 0 spiro atoms. The SMILES string of the molecule is Cc1cc(C(O)c2ccc3c(c2)CCC3)c(C)cc1Br. The first-order valence-electron chi connectivity index (χ1n) is 7.12. The summed E-state index contributed by atoms with van der Waals surface area (Å²) in [6, 6.07) is 10.6. The number of hydrogen-bond donors (Lipinski definition) is 1. The van der Waals surface area contributed by atoms with Crippen molar-refractivity contribution in [1.29, 1.82) is 0 Å². The van der Waals surface area contributed by atoms with Crippen molar-refractivity contribution in [3.8, 4) is 0 Å². The average molecular weight is 331 g/mol. The van der Waals surface area contributed by atoms with Crippen LogP contribution < -0.4 is 0 Å². The lowest BCUT2D eigenvalue weighted by molar-refractivity contribution is 0.219. The number of aryl methyl sites for hydroxylation is 4. The van der Waals surface area contributed by atoms with E-state index in [1.54, 1.807) is 0 Å². The van der Waals surface area contributed by atoms with Crippen molar-refractivity contribution in [3.05, 3.63) is 68.2 Å². The maximum absolute atomic E-state index is 10.7. The molecule has 20 heavy (non-hydrogen) atoms. The molecule has 2 heteroatoms. The molecule has 1 N–H and O–H groups in total. The van der Waals surface area contributed by atoms with Crippen LogP contribution in [0.25, 0.3) is 0 Å². The minimum atomic E-state index is -0.535. The van der Waals surface area contributed by atoms with Gasteiger partial charge in [-0.05, 0) is 72.6 Å². The van der Waals surface area contributed by atoms with Crippen molar-refractivity contribution in [3.63, 3.8) is 0 Å². The van der Waals surface area contributed by atoms with Gasteiger partial charge in [-0.3, -0.25) is 0 Å². The van der Waals surface area contributed by atoms with Crippen LogP contribution in [-0.2, 0) is 12.8 Å². The van der Waals surface area contributed by atoms with Gasteiger partial charge in [-0.15, -0.1) is 0 Å². The first kappa shape index (κ1) is 13.8. The highest BCUT2D eigenvalue weighted by Crippen LogP contribution is 2.32. The topological polar surface area (TPSA) is 20.2 Å². The summed E-state index contributed by atoms with van der Waals surface area (Å²) in [7, 11) is 0. The van der Waals surface area contributed by atoms with Gasteiger partial charge in [-0.25, -0.2) is 0 Å². The quantitative estimate of drug-likeness (QED) is 0.850. The van der Waals surface area contributed by atoms with Crippen molar-refractivity contribution in [2.75, 3.05) is 0 Å². The molecule has 2 aromatic carbocycles. The monoisotopic (exact) mass is 330 g/mol. The fourth-order valence-corrected chi connectivity index (χ4v) is 3.50. The van der Waals surface area contributed by atoms with E-state index < -0.39 is 6.10 Å². The smallest absolute Gasteiger partial charge is 0.104 e. The zero-order valence-corrected chi connectivity index (χ0v) is 13.5. The maximum Gasteiger partial charge on any atom is 0.104 e. The van der Waals surface area contributed by atoms with Crippen LogP contribution >= 0.6 is 15.9 Å². The molecule has 1 aliphatic carbocycles. The van der Waals surface area contributed by atoms with Gasteiger partial charge in [0.2, 0.25) is 0 Å². The molecule has 0 bridgehead atoms. The van der Waals surface area contributed by atoms with Crippen LogP contribution in [0.4, 0.5) is 0 Å². The number of benzene rings is 2. The summed E-state index contributed by atoms with van der Waals surface area (Å²) >= 11 is 3.54. The largest absolute Gasteiger partial charge is 0.384 e. The Kier molecular flexibility index (Phi) is 3.70. The van der Waals surface area contributed by atoms with E-state index in [-0.39, 0.29) is 0 Å². The van der Waals surface area contributed by atoms with Gasteiger partial charge in [0.25, 0.3) is 0 Å². The molecule has 0 aliphatic heterocycles. The molecular formula is C18H19BrO. The molecule has 0 heterocycles. The standard InChI is InChI=1S/C18H19BrO/c1-11-9-17(19)12(2)8-16(11)18(20)15-7-6-13-4-3-5-14(13)10-15/h6-10,18,20H,3-5H2,1-2H3. The summed E-state index contributed by atoms with van der Waals surface area (Å²) in [6.45, 7) is 4.11. The van der Waals surface area contributed by atoms with E-state index >= 15 is 0 Å². The first-order chi connectivity index (χ1) is 9.56. The number of hydrogen-bond acceptors (Lipinski definition) is 1. The minimum Gasteiger partial charge on any atom is -0.384 e. The van der Waals surface area contributed by atoms with Crippen molar-refractivity contribution in [2.24, 2.45) is 0 Å². The lowest BCUT2D eigenvalue weighted by Gasteiger charge is -2.17. The highest BCUT2D eigenvalue weighted by Gasteiger charge is 2.17. The molecule has 0 radical (unpaired) electrons. The summed E-state index contributed by atoms with van der Waals surface area (Å²) < 4.78 is 1.10. The Morgan fingerprint density at radius 2 is 1.75 bits per heavy atom. The summed E-state index contributed by atoms with van der Waals surface area (Å²) in [5.74, 6) is 0. The number of halogens is 1. The molecule has 3 rings (SSSR count). The highest BCUT2D eigenvalue weighted by molar-refractivity contribution is 9.10. The van der Waals surface area contributed by atoms with Crippen molar-refractivity contribution in [1.82, 2.24) is 0 Å². The highest BCUT2D eigenvalue weighted by atomic mass is 79.9. The van der Waals surface area contributed by atoms with Gasteiger partial charge in [0.15, 0.2) is 0 Å². The van der Waals surface area contributed by atoms with Crippen LogP contribution in [0.15, 0.2) is 34.8 Å². The van der Waals surface area contributed by atoms with Crippen LogP contribution in [0, 0.1) is 13.8 Å². The van der Waals surface area contributed by atoms with Crippen LogP contribution in [-0.4, -0.2) is 5.11 Å². The number of fused-ring (bicyclic) bond motifs is 1. The summed E-state index contributed by atoms with van der Waals surface area (Å²) in [6.07, 6.45) is 3.04. The second-order valence-corrected chi connectivity index (χ2v) is 6.60. The fraction of sp³-hybridized carbons (Fsp3) is 0.333. The first-order valence-corrected chi connectivity index (χ1v) is 7.92. The van der Waals surface area contributed by atoms with E-state index in [0.29, 0.717) is 0 Å². The molecular weight excluding hydrogens is 312 g/mol. The Morgan fingerprint density at radius 3 is 2.55 bits per heavy atom. The minimum absolute atomic E-state index is 0.535. The zero-order chi connectivity index (χ0) is 14.3. The predicted octanol–water partition coefficient (Wildman–Crippen LogP) is 4.64. The van der Waals surface area contributed by atoms with E-state index in [9.17, 15) is 5.11 Å². The number of aliphatic hydroxyl groups is 1. The Hall–Kier alpha value is -1.12. The Bertz CT molecular complexity index is 661. The molecule has 104 valence electrons. The van der Waals surface area contributed by atoms with Gasteiger partial charge in [-0.2, -0.15) is 0 Å². The van der Waals surface area contributed by atoms with Crippen LogP contribution in [0.3, 0.4) is 0 Å². The maximum atomic E-state index is 10.7. The second-order valence-electron chi connectivity index (χ2n) is 5.74. The van der Waals surface area contributed by atoms with E-state index in [1.165, 1.54) is 24.0 Å². The van der Waals surface area contributed by atoms with Crippen molar-refractivity contribution < 1.29 is 5.11 Å². The summed E-state index contributed by atoms with van der Waals surface area (Å²) in [5, 5.41) is 10.7. The molecule has 1 unspecified atom stereocenters. The summed E-state index contributed by atoms with van der Waals surface area (Å²) in [5.41, 5.74) is 7.15. The van der Waals surface area contributed by atoms with Gasteiger partial charge in [0, 0.05) is 4.47 Å². The van der Waals surface area contributed by atoms with E-state index in [2.05, 4.69) is 60.1 Å². The molecule has 1 nitrogen and oxygen atoms in total. The number of rotatable bonds is 2. The van der Waals surface area contributed by atoms with E-state index in [1.807, 2.05) is 0 Å². The van der Waals surface area contributed by atoms with Gasteiger partial charge >= 0.3 is 0 Å². The van der Waals surface area contributed by atoms with Gasteiger partial charge in [-0.1, -0.05) is 40.2 Å². The summed E-state index contributed by atoms with van der Waals surface area (Å²) in [4.78, 5) is 0. The van der Waals surface area contributed by atoms with E-state index in [4.69, 9.17) is 0 Å². The molecule has 0 fully saturated rings. The average Bonchev–Trinajstić information content (AvgIpc) is 2.89. The number of aliphatic hydroxyl groups excluding tert-OH is 1. The van der Waals surface area contributed by atoms with Gasteiger partial charge in [0.05, 0.1) is 0 Å². The van der Waals surface area contributed by atoms with Crippen LogP contribution in [0.2, 0.25) is 0 Å². The normalized spacial score (nSPS) is 15.2. The van der Waals surface area contributed by atoms with Crippen LogP contribution in [0.1, 0.15) is 45.9 Å². The fourth-order valence-electron chi connectivity index (χ4n) is 3.04. The van der Waals surface area contributed by atoms with Crippen molar-refractivity contribution >= 4 is 15.9 Å². The molecule has 0 aromatic heterocycles. The molecule has 1 atom stereocenters. The molecule has 0 saturated heterocycles. The molecule has 1 aliphatic rings. The Balaban J connectivity index is 2.00.